The lowest BCUT2D eigenvalue weighted by Crippen LogP contribution is -2.41. The molecule has 0 aromatic rings. The molecule has 0 saturated heterocycles. The van der Waals surface area contributed by atoms with Crippen molar-refractivity contribution in [3.8, 4) is 0 Å². The Morgan fingerprint density at radius 2 is 1.83 bits per heavy atom. The second-order valence-corrected chi connectivity index (χ2v) is 8.75. The zero-order valence-corrected chi connectivity index (χ0v) is 16.4. The van der Waals surface area contributed by atoms with Crippen LogP contribution in [0.4, 0.5) is 0 Å². The number of aliphatic hydroxyl groups excluding tert-OH is 1. The summed E-state index contributed by atoms with van der Waals surface area (Å²) in [6.45, 7) is 8.24. The lowest BCUT2D eigenvalue weighted by atomic mass is 9.71. The van der Waals surface area contributed by atoms with Crippen molar-refractivity contribution in [2.45, 2.75) is 90.4 Å². The van der Waals surface area contributed by atoms with Crippen LogP contribution in [-0.2, 0) is 4.74 Å². The molecule has 0 aromatic heterocycles. The summed E-state index contributed by atoms with van der Waals surface area (Å²) in [5.41, 5.74) is 0.381. The smallest absolute Gasteiger partial charge is 0.0900 e. The summed E-state index contributed by atoms with van der Waals surface area (Å²) in [5, 5.41) is 10.3. The van der Waals surface area contributed by atoms with Crippen LogP contribution in [0.2, 0.25) is 0 Å². The standard InChI is InChI=1S/C19H37NO2.ClH/c1-15-10-18(12-19(2,3)11-15)22-14-17(21)13-20(4)16-8-6-5-7-9-16;/h15-18,21H,5-14H2,1-4H3;1H. The van der Waals surface area contributed by atoms with Gasteiger partial charge in [0.15, 0.2) is 0 Å². The molecule has 1 N–H and O–H groups in total. The van der Waals surface area contributed by atoms with E-state index in [2.05, 4.69) is 32.7 Å². The van der Waals surface area contributed by atoms with Gasteiger partial charge in [-0.3, -0.25) is 0 Å². The molecule has 0 aromatic carbocycles. The number of likely N-dealkylation sites (N-methyl/N-ethyl adjacent to an activating group) is 1. The fourth-order valence-electron chi connectivity index (χ4n) is 4.69. The van der Waals surface area contributed by atoms with Gasteiger partial charge in [-0.1, -0.05) is 40.0 Å². The SMILES string of the molecule is CC1CC(OCC(O)CN(C)C2CCCCC2)CC(C)(C)C1.Cl. The number of halogens is 1. The van der Waals surface area contributed by atoms with Gasteiger partial charge in [-0.2, -0.15) is 0 Å². The predicted octanol–water partition coefficient (Wildman–Crippen LogP) is 4.27. The van der Waals surface area contributed by atoms with Crippen molar-refractivity contribution in [3.05, 3.63) is 0 Å². The van der Waals surface area contributed by atoms with Crippen molar-refractivity contribution in [3.63, 3.8) is 0 Å². The quantitative estimate of drug-likeness (QED) is 0.779. The van der Waals surface area contributed by atoms with Crippen LogP contribution in [0.1, 0.15) is 72.1 Å². The molecule has 3 atom stereocenters. The largest absolute Gasteiger partial charge is 0.389 e. The molecule has 0 aliphatic heterocycles. The minimum atomic E-state index is -0.354. The molecule has 3 unspecified atom stereocenters. The van der Waals surface area contributed by atoms with E-state index in [0.29, 0.717) is 24.2 Å². The third-order valence-corrected chi connectivity index (χ3v) is 5.57. The summed E-state index contributed by atoms with van der Waals surface area (Å²) < 4.78 is 6.06. The third-order valence-electron chi connectivity index (χ3n) is 5.57. The van der Waals surface area contributed by atoms with E-state index in [1.807, 2.05) is 0 Å². The molecule has 2 fully saturated rings. The zero-order chi connectivity index (χ0) is 16.2. The molecule has 23 heavy (non-hydrogen) atoms. The Labute approximate surface area is 149 Å². The van der Waals surface area contributed by atoms with Gasteiger partial charge in [0.25, 0.3) is 0 Å². The minimum absolute atomic E-state index is 0. The molecule has 2 saturated carbocycles. The Bertz CT molecular complexity index is 331. The molecule has 0 amide bonds. The lowest BCUT2D eigenvalue weighted by Gasteiger charge is -2.39. The zero-order valence-electron chi connectivity index (χ0n) is 15.6. The first-order valence-electron chi connectivity index (χ1n) is 9.35. The Kier molecular flexibility index (Phi) is 8.85. The Balaban J connectivity index is 0.00000264. The second kappa shape index (κ2) is 9.60. The van der Waals surface area contributed by atoms with Crippen LogP contribution in [-0.4, -0.2) is 48.5 Å². The number of ether oxygens (including phenoxy) is 1. The van der Waals surface area contributed by atoms with Crippen LogP contribution in [0, 0.1) is 11.3 Å². The normalized spacial score (nSPS) is 30.0. The lowest BCUT2D eigenvalue weighted by molar-refractivity contribution is -0.0626. The summed E-state index contributed by atoms with van der Waals surface area (Å²) in [7, 11) is 2.16. The Hall–Kier alpha value is 0.170. The fourth-order valence-corrected chi connectivity index (χ4v) is 4.69. The first kappa shape index (κ1) is 21.2. The van der Waals surface area contributed by atoms with Crippen molar-refractivity contribution in [1.29, 1.82) is 0 Å². The van der Waals surface area contributed by atoms with Crippen molar-refractivity contribution in [1.82, 2.24) is 4.90 Å². The molecule has 2 aliphatic carbocycles. The summed E-state index contributed by atoms with van der Waals surface area (Å²) in [5.74, 6) is 0.732. The number of hydrogen-bond acceptors (Lipinski definition) is 3. The number of nitrogens with zero attached hydrogens (tertiary/aromatic N) is 1. The molecule has 0 bridgehead atoms. The van der Waals surface area contributed by atoms with E-state index in [1.165, 1.54) is 38.5 Å². The predicted molar refractivity (Wildman–Crippen MR) is 99.3 cm³/mol. The fraction of sp³-hybridized carbons (Fsp3) is 1.00. The monoisotopic (exact) mass is 347 g/mol. The van der Waals surface area contributed by atoms with Crippen LogP contribution in [0.25, 0.3) is 0 Å². The van der Waals surface area contributed by atoms with Gasteiger partial charge in [-0.15, -0.1) is 12.4 Å². The van der Waals surface area contributed by atoms with Crippen LogP contribution in [0.15, 0.2) is 0 Å². The Morgan fingerprint density at radius 3 is 2.43 bits per heavy atom. The average Bonchev–Trinajstić information content (AvgIpc) is 2.44. The topological polar surface area (TPSA) is 32.7 Å². The molecule has 0 spiro atoms. The maximum absolute atomic E-state index is 10.3. The van der Waals surface area contributed by atoms with Gasteiger partial charge < -0.3 is 14.7 Å². The molecule has 0 heterocycles. The summed E-state index contributed by atoms with van der Waals surface area (Å²) in [4.78, 5) is 2.35. The van der Waals surface area contributed by atoms with E-state index in [0.717, 1.165) is 25.3 Å². The highest BCUT2D eigenvalue weighted by Gasteiger charge is 2.32. The molecule has 138 valence electrons. The number of rotatable bonds is 6. The van der Waals surface area contributed by atoms with Crippen LogP contribution in [0.5, 0.6) is 0 Å². The Morgan fingerprint density at radius 1 is 1.17 bits per heavy atom. The van der Waals surface area contributed by atoms with Crippen molar-refractivity contribution < 1.29 is 9.84 Å². The van der Waals surface area contributed by atoms with E-state index in [1.54, 1.807) is 0 Å². The van der Waals surface area contributed by atoms with E-state index < -0.39 is 0 Å². The van der Waals surface area contributed by atoms with Gasteiger partial charge in [-0.25, -0.2) is 0 Å². The van der Waals surface area contributed by atoms with Gasteiger partial charge in [0.1, 0.15) is 0 Å². The van der Waals surface area contributed by atoms with Gasteiger partial charge >= 0.3 is 0 Å². The maximum Gasteiger partial charge on any atom is 0.0900 e. The molecule has 2 aliphatic rings. The van der Waals surface area contributed by atoms with E-state index >= 15 is 0 Å². The van der Waals surface area contributed by atoms with E-state index in [-0.39, 0.29) is 18.5 Å². The van der Waals surface area contributed by atoms with E-state index in [9.17, 15) is 5.11 Å². The van der Waals surface area contributed by atoms with Gasteiger partial charge in [0.2, 0.25) is 0 Å². The van der Waals surface area contributed by atoms with Gasteiger partial charge in [0, 0.05) is 12.6 Å². The highest BCUT2D eigenvalue weighted by atomic mass is 35.5. The second-order valence-electron chi connectivity index (χ2n) is 8.75. The molecular formula is C19H38ClNO2. The highest BCUT2D eigenvalue weighted by Crippen LogP contribution is 2.39. The first-order chi connectivity index (χ1) is 10.4. The number of aliphatic hydroxyl groups is 1. The maximum atomic E-state index is 10.3. The average molecular weight is 348 g/mol. The van der Waals surface area contributed by atoms with Crippen molar-refractivity contribution in [2.75, 3.05) is 20.2 Å². The molecule has 3 nitrogen and oxygen atoms in total. The summed E-state index contributed by atoms with van der Waals surface area (Å²) >= 11 is 0. The van der Waals surface area contributed by atoms with Crippen LogP contribution in [0.3, 0.4) is 0 Å². The van der Waals surface area contributed by atoms with Crippen molar-refractivity contribution in [2.24, 2.45) is 11.3 Å². The number of hydrogen-bond donors (Lipinski definition) is 1. The first-order valence-corrected chi connectivity index (χ1v) is 9.35. The van der Waals surface area contributed by atoms with Gasteiger partial charge in [0.05, 0.1) is 18.8 Å². The molecule has 0 radical (unpaired) electrons. The minimum Gasteiger partial charge on any atom is -0.389 e. The van der Waals surface area contributed by atoms with Crippen LogP contribution < -0.4 is 0 Å². The third kappa shape index (κ3) is 7.29. The highest BCUT2D eigenvalue weighted by molar-refractivity contribution is 5.85. The van der Waals surface area contributed by atoms with Gasteiger partial charge in [-0.05, 0) is 50.5 Å². The van der Waals surface area contributed by atoms with Crippen molar-refractivity contribution >= 4 is 12.4 Å². The summed E-state index contributed by atoms with van der Waals surface area (Å²) in [6, 6.07) is 0.664. The van der Waals surface area contributed by atoms with Crippen LogP contribution >= 0.6 is 12.4 Å². The molecule has 4 heteroatoms. The summed E-state index contributed by atoms with van der Waals surface area (Å²) in [6.07, 6.45) is 10.2. The van der Waals surface area contributed by atoms with E-state index in [4.69, 9.17) is 4.74 Å². The molecule has 2 rings (SSSR count). The molecular weight excluding hydrogens is 310 g/mol.